The number of fused-ring (bicyclic) bond motifs is 1. The van der Waals surface area contributed by atoms with Crippen LogP contribution in [0.5, 0.6) is 0 Å². The molecule has 6 nitrogen and oxygen atoms in total. The third-order valence-electron chi connectivity index (χ3n) is 4.11. The number of aromatic nitrogens is 2. The lowest BCUT2D eigenvalue weighted by atomic mass is 10.0. The number of carbonyl (C=O) groups excluding carboxylic acids is 1. The molecule has 7 heteroatoms. The summed E-state index contributed by atoms with van der Waals surface area (Å²) in [7, 11) is 0. The number of hydrogen-bond donors (Lipinski definition) is 0. The first kappa shape index (κ1) is 18.5. The summed E-state index contributed by atoms with van der Waals surface area (Å²) in [6, 6.07) is 10.1. The van der Waals surface area contributed by atoms with Crippen LogP contribution >= 0.6 is 15.9 Å². The van der Waals surface area contributed by atoms with Crippen LogP contribution in [-0.2, 0) is 24.1 Å². The zero-order valence-corrected chi connectivity index (χ0v) is 16.7. The normalized spacial score (nSPS) is 13.9. The molecule has 0 saturated carbocycles. The SMILES string of the molecule is CC(C)(C)OC(=O)N1CCc2c(c(CC#N)nn2-c2ccc(Br)cc2)C1. The van der Waals surface area contributed by atoms with Crippen LogP contribution in [0.15, 0.2) is 28.7 Å². The maximum Gasteiger partial charge on any atom is 0.410 e. The number of halogens is 1. The van der Waals surface area contributed by atoms with Gasteiger partial charge in [0.1, 0.15) is 5.60 Å². The maximum atomic E-state index is 12.4. The predicted octanol–water partition coefficient (Wildman–Crippen LogP) is 3.99. The van der Waals surface area contributed by atoms with E-state index < -0.39 is 5.60 Å². The van der Waals surface area contributed by atoms with E-state index in [2.05, 4.69) is 27.1 Å². The number of amides is 1. The fourth-order valence-corrected chi connectivity index (χ4v) is 3.25. The van der Waals surface area contributed by atoms with E-state index in [4.69, 9.17) is 10.00 Å². The number of hydrogen-bond acceptors (Lipinski definition) is 4. The Bertz CT molecular complexity index is 859. The van der Waals surface area contributed by atoms with Gasteiger partial charge in [-0.3, -0.25) is 0 Å². The van der Waals surface area contributed by atoms with E-state index in [1.165, 1.54) is 0 Å². The standard InChI is InChI=1S/C19H21BrN4O2/c1-19(2,3)26-18(25)23-11-9-17-15(12-23)16(8-10-21)22-24(17)14-6-4-13(20)5-7-14/h4-7H,8-9,11-12H2,1-3H3. The smallest absolute Gasteiger partial charge is 0.410 e. The Balaban J connectivity index is 1.93. The van der Waals surface area contributed by atoms with E-state index in [0.717, 1.165) is 27.1 Å². The van der Waals surface area contributed by atoms with Crippen molar-refractivity contribution in [2.75, 3.05) is 6.54 Å². The molecule has 2 aromatic rings. The Morgan fingerprint density at radius 3 is 2.65 bits per heavy atom. The molecule has 3 rings (SSSR count). The molecule has 0 atom stereocenters. The van der Waals surface area contributed by atoms with E-state index in [-0.39, 0.29) is 12.5 Å². The Labute approximate surface area is 161 Å². The number of carbonyl (C=O) groups is 1. The van der Waals surface area contributed by atoms with Gasteiger partial charge in [0.25, 0.3) is 0 Å². The van der Waals surface area contributed by atoms with Crippen molar-refractivity contribution < 1.29 is 9.53 Å². The largest absolute Gasteiger partial charge is 0.444 e. The number of nitrogens with zero attached hydrogens (tertiary/aromatic N) is 4. The van der Waals surface area contributed by atoms with Crippen LogP contribution in [0.25, 0.3) is 5.69 Å². The minimum absolute atomic E-state index is 0.216. The second-order valence-electron chi connectivity index (χ2n) is 7.25. The van der Waals surface area contributed by atoms with Gasteiger partial charge in [-0.05, 0) is 45.0 Å². The van der Waals surface area contributed by atoms with Crippen molar-refractivity contribution in [3.63, 3.8) is 0 Å². The number of benzene rings is 1. The topological polar surface area (TPSA) is 71.2 Å². The van der Waals surface area contributed by atoms with Gasteiger partial charge in [0.2, 0.25) is 0 Å². The lowest BCUT2D eigenvalue weighted by molar-refractivity contribution is 0.0222. The third-order valence-corrected chi connectivity index (χ3v) is 4.64. The lowest BCUT2D eigenvalue weighted by Crippen LogP contribution is -2.40. The van der Waals surface area contributed by atoms with Crippen molar-refractivity contribution in [2.24, 2.45) is 0 Å². The van der Waals surface area contributed by atoms with Crippen LogP contribution in [-0.4, -0.2) is 32.9 Å². The molecular formula is C19H21BrN4O2. The van der Waals surface area contributed by atoms with E-state index in [1.54, 1.807) is 4.90 Å². The summed E-state index contributed by atoms with van der Waals surface area (Å²) < 4.78 is 8.37. The number of ether oxygens (including phenoxy) is 1. The summed E-state index contributed by atoms with van der Waals surface area (Å²) in [6.45, 7) is 6.54. The van der Waals surface area contributed by atoms with Crippen LogP contribution in [0, 0.1) is 11.3 Å². The van der Waals surface area contributed by atoms with E-state index in [0.29, 0.717) is 19.5 Å². The van der Waals surface area contributed by atoms with Crippen molar-refractivity contribution in [1.29, 1.82) is 5.26 Å². The Morgan fingerprint density at radius 1 is 1.35 bits per heavy atom. The third kappa shape index (κ3) is 3.91. The highest BCUT2D eigenvalue weighted by Crippen LogP contribution is 2.27. The zero-order valence-electron chi connectivity index (χ0n) is 15.1. The van der Waals surface area contributed by atoms with E-state index in [1.807, 2.05) is 49.7 Å². The van der Waals surface area contributed by atoms with Crippen LogP contribution < -0.4 is 0 Å². The van der Waals surface area contributed by atoms with Gasteiger partial charge in [-0.2, -0.15) is 10.4 Å². The van der Waals surface area contributed by atoms with Crippen molar-refractivity contribution in [3.05, 3.63) is 45.7 Å². The summed E-state index contributed by atoms with van der Waals surface area (Å²) in [5, 5.41) is 13.8. The fourth-order valence-electron chi connectivity index (χ4n) is 2.98. The maximum absolute atomic E-state index is 12.4. The molecule has 1 aliphatic heterocycles. The van der Waals surface area contributed by atoms with Gasteiger partial charge in [-0.1, -0.05) is 15.9 Å². The van der Waals surface area contributed by atoms with Crippen LogP contribution in [0.4, 0.5) is 4.79 Å². The van der Waals surface area contributed by atoms with Gasteiger partial charge in [-0.25, -0.2) is 9.48 Å². The molecule has 136 valence electrons. The predicted molar refractivity (Wildman–Crippen MR) is 101 cm³/mol. The van der Waals surface area contributed by atoms with E-state index >= 15 is 0 Å². The van der Waals surface area contributed by atoms with Crippen molar-refractivity contribution >= 4 is 22.0 Å². The molecule has 0 fully saturated rings. The van der Waals surface area contributed by atoms with Crippen molar-refractivity contribution in [1.82, 2.24) is 14.7 Å². The molecule has 26 heavy (non-hydrogen) atoms. The summed E-state index contributed by atoms with van der Waals surface area (Å²) in [5.74, 6) is 0. The van der Waals surface area contributed by atoms with Crippen LogP contribution in [0.2, 0.25) is 0 Å². The first-order chi connectivity index (χ1) is 12.3. The molecule has 1 aromatic carbocycles. The molecule has 1 aliphatic rings. The van der Waals surface area contributed by atoms with Crippen molar-refractivity contribution in [3.8, 4) is 11.8 Å². The lowest BCUT2D eigenvalue weighted by Gasteiger charge is -2.30. The molecule has 1 amide bonds. The quantitative estimate of drug-likeness (QED) is 0.741. The van der Waals surface area contributed by atoms with Crippen LogP contribution in [0.3, 0.4) is 0 Å². The average Bonchev–Trinajstić information content (AvgIpc) is 2.92. The van der Waals surface area contributed by atoms with Gasteiger partial charge in [0, 0.05) is 23.0 Å². The fraction of sp³-hybridized carbons (Fsp3) is 0.421. The molecule has 0 unspecified atom stereocenters. The van der Waals surface area contributed by atoms with Gasteiger partial charge >= 0.3 is 6.09 Å². The summed E-state index contributed by atoms with van der Waals surface area (Å²) in [6.07, 6.45) is 0.555. The molecule has 0 radical (unpaired) electrons. The van der Waals surface area contributed by atoms with Crippen molar-refractivity contribution in [2.45, 2.75) is 45.8 Å². The van der Waals surface area contributed by atoms with Gasteiger partial charge in [0.15, 0.2) is 0 Å². The minimum atomic E-state index is -0.533. The summed E-state index contributed by atoms with van der Waals surface area (Å²) in [4.78, 5) is 14.1. The highest BCUT2D eigenvalue weighted by molar-refractivity contribution is 9.10. The average molecular weight is 417 g/mol. The highest BCUT2D eigenvalue weighted by atomic mass is 79.9. The summed E-state index contributed by atoms with van der Waals surface area (Å²) in [5.41, 5.74) is 3.14. The van der Waals surface area contributed by atoms with Gasteiger partial charge in [0.05, 0.1) is 36.1 Å². The molecule has 0 saturated heterocycles. The van der Waals surface area contributed by atoms with E-state index in [9.17, 15) is 4.79 Å². The van der Waals surface area contributed by atoms with Crippen LogP contribution in [0.1, 0.15) is 37.7 Å². The first-order valence-electron chi connectivity index (χ1n) is 8.49. The zero-order chi connectivity index (χ0) is 18.9. The Kier molecular flexibility index (Phi) is 5.05. The van der Waals surface area contributed by atoms with Gasteiger partial charge < -0.3 is 9.64 Å². The minimum Gasteiger partial charge on any atom is -0.444 e. The molecule has 0 spiro atoms. The monoisotopic (exact) mass is 416 g/mol. The Morgan fingerprint density at radius 2 is 2.04 bits per heavy atom. The molecule has 0 aliphatic carbocycles. The Hall–Kier alpha value is -2.33. The molecular weight excluding hydrogens is 396 g/mol. The summed E-state index contributed by atoms with van der Waals surface area (Å²) >= 11 is 3.44. The molecule has 0 N–H and O–H groups in total. The second-order valence-corrected chi connectivity index (χ2v) is 8.16. The molecule has 1 aromatic heterocycles. The van der Waals surface area contributed by atoms with Gasteiger partial charge in [-0.15, -0.1) is 0 Å². The molecule has 2 heterocycles. The second kappa shape index (κ2) is 7.12. The molecule has 0 bridgehead atoms. The first-order valence-corrected chi connectivity index (χ1v) is 9.28. The number of rotatable bonds is 2. The highest BCUT2D eigenvalue weighted by Gasteiger charge is 2.30. The number of nitriles is 1.